The van der Waals surface area contributed by atoms with Gasteiger partial charge in [0, 0.05) is 31.9 Å². The number of aromatic nitrogens is 1. The molecule has 1 atom stereocenters. The number of nitrogens with zero attached hydrogens (tertiary/aromatic N) is 3. The largest absolute Gasteiger partial charge is 0.457 e. The van der Waals surface area contributed by atoms with E-state index < -0.39 is 6.04 Å². The monoisotopic (exact) mass is 440 g/mol. The summed E-state index contributed by atoms with van der Waals surface area (Å²) in [5.41, 5.74) is 3.08. The van der Waals surface area contributed by atoms with Gasteiger partial charge in [0.1, 0.15) is 11.5 Å². The van der Waals surface area contributed by atoms with Crippen molar-refractivity contribution < 1.29 is 14.3 Å². The number of hydrogen-bond donors (Lipinski definition) is 1. The van der Waals surface area contributed by atoms with Gasteiger partial charge in [0.25, 0.3) is 5.91 Å². The summed E-state index contributed by atoms with van der Waals surface area (Å²) in [6, 6.07) is 22.0. The van der Waals surface area contributed by atoms with Gasteiger partial charge in [-0.15, -0.1) is 0 Å². The van der Waals surface area contributed by atoms with Crippen LogP contribution in [0.25, 0.3) is 0 Å². The maximum Gasteiger partial charge on any atom is 0.322 e. The first kappa shape index (κ1) is 20.8. The first-order valence-electron chi connectivity index (χ1n) is 10.9. The molecule has 0 radical (unpaired) electrons. The first-order valence-corrected chi connectivity index (χ1v) is 10.9. The number of carbonyl (C=O) groups excluding carboxylic acids is 2. The maximum atomic E-state index is 13.4. The van der Waals surface area contributed by atoms with Gasteiger partial charge in [-0.1, -0.05) is 36.4 Å². The van der Waals surface area contributed by atoms with Crippen molar-refractivity contribution in [2.24, 2.45) is 0 Å². The van der Waals surface area contributed by atoms with Crippen LogP contribution in [-0.4, -0.2) is 46.9 Å². The number of pyridine rings is 1. The molecule has 0 aliphatic carbocycles. The molecule has 2 aliphatic rings. The predicted octanol–water partition coefficient (Wildman–Crippen LogP) is 3.91. The Balaban J connectivity index is 1.39. The first-order chi connectivity index (χ1) is 16.1. The molecule has 0 bridgehead atoms. The second-order valence-corrected chi connectivity index (χ2v) is 8.09. The molecule has 0 spiro atoms. The third-order valence-electron chi connectivity index (χ3n) is 5.97. The Morgan fingerprint density at radius 2 is 1.79 bits per heavy atom. The van der Waals surface area contributed by atoms with E-state index in [9.17, 15) is 9.59 Å². The summed E-state index contributed by atoms with van der Waals surface area (Å²) < 4.78 is 5.96. The Morgan fingerprint density at radius 1 is 1.00 bits per heavy atom. The maximum absolute atomic E-state index is 13.4. The van der Waals surface area contributed by atoms with E-state index in [4.69, 9.17) is 4.74 Å². The molecule has 7 heteroatoms. The minimum atomic E-state index is -0.532. The number of likely N-dealkylation sites (N-methyl/N-ethyl adjacent to an activating group) is 1. The van der Waals surface area contributed by atoms with E-state index in [2.05, 4.69) is 10.3 Å². The van der Waals surface area contributed by atoms with Crippen LogP contribution in [0.4, 0.5) is 4.79 Å². The van der Waals surface area contributed by atoms with Crippen molar-refractivity contribution in [3.8, 4) is 11.5 Å². The fourth-order valence-corrected chi connectivity index (χ4v) is 4.23. The topological polar surface area (TPSA) is 74.8 Å². The summed E-state index contributed by atoms with van der Waals surface area (Å²) in [5.74, 6) is 1.30. The number of nitrogens with one attached hydrogen (secondary N) is 1. The smallest absolute Gasteiger partial charge is 0.322 e. The molecule has 7 nitrogen and oxygen atoms in total. The average molecular weight is 441 g/mol. The van der Waals surface area contributed by atoms with E-state index in [1.165, 1.54) is 4.90 Å². The molecule has 2 aromatic carbocycles. The molecular formula is C26H24N4O3. The van der Waals surface area contributed by atoms with Crippen LogP contribution >= 0.6 is 0 Å². The van der Waals surface area contributed by atoms with Crippen molar-refractivity contribution in [2.45, 2.75) is 12.5 Å². The van der Waals surface area contributed by atoms with E-state index in [1.54, 1.807) is 18.1 Å². The van der Waals surface area contributed by atoms with Gasteiger partial charge in [-0.3, -0.25) is 14.7 Å². The third kappa shape index (κ3) is 4.17. The normalized spacial score (nSPS) is 17.8. The Hall–Kier alpha value is -4.13. The molecule has 0 saturated carbocycles. The lowest BCUT2D eigenvalue weighted by Crippen LogP contribution is -2.45. The van der Waals surface area contributed by atoms with Crippen molar-refractivity contribution in [1.82, 2.24) is 20.1 Å². The van der Waals surface area contributed by atoms with Crippen LogP contribution in [-0.2, 0) is 11.2 Å². The second kappa shape index (κ2) is 8.78. The Bertz CT molecular complexity index is 1210. The van der Waals surface area contributed by atoms with Crippen molar-refractivity contribution in [3.05, 3.63) is 102 Å². The van der Waals surface area contributed by atoms with Gasteiger partial charge in [-0.25, -0.2) is 4.79 Å². The molecule has 1 unspecified atom stereocenters. The molecule has 5 rings (SSSR count). The van der Waals surface area contributed by atoms with Gasteiger partial charge in [-0.05, 0) is 42.0 Å². The summed E-state index contributed by atoms with van der Waals surface area (Å²) in [7, 11) is 1.70. The zero-order valence-electron chi connectivity index (χ0n) is 18.3. The third-order valence-corrected chi connectivity index (χ3v) is 5.97. The summed E-state index contributed by atoms with van der Waals surface area (Å²) in [6.45, 7) is 0.941. The van der Waals surface area contributed by atoms with Crippen molar-refractivity contribution in [2.75, 3.05) is 20.1 Å². The van der Waals surface area contributed by atoms with E-state index in [-0.39, 0.29) is 11.9 Å². The number of amides is 3. The van der Waals surface area contributed by atoms with Gasteiger partial charge >= 0.3 is 6.03 Å². The van der Waals surface area contributed by atoms with Crippen LogP contribution in [0.3, 0.4) is 0 Å². The summed E-state index contributed by atoms with van der Waals surface area (Å²) >= 11 is 0. The highest BCUT2D eigenvalue weighted by atomic mass is 16.5. The number of urea groups is 1. The molecule has 2 aliphatic heterocycles. The van der Waals surface area contributed by atoms with Gasteiger partial charge < -0.3 is 15.0 Å². The quantitative estimate of drug-likeness (QED) is 0.631. The number of benzene rings is 2. The lowest BCUT2D eigenvalue weighted by molar-refractivity contribution is -0.125. The average Bonchev–Trinajstić information content (AvgIpc) is 3.18. The molecular weight excluding hydrogens is 416 g/mol. The molecule has 3 aromatic rings. The van der Waals surface area contributed by atoms with E-state index in [0.717, 1.165) is 22.7 Å². The van der Waals surface area contributed by atoms with Crippen molar-refractivity contribution in [3.63, 3.8) is 0 Å². The lowest BCUT2D eigenvalue weighted by atomic mass is 9.95. The standard InChI is InChI=1S/C26H24N4O3/c1-29-22-17-30(15-13-19-9-5-6-14-27-19)25(31)23(22)24(28-26(29)32)18-8-7-12-21(16-18)33-20-10-3-2-4-11-20/h2-12,14,16,24H,13,15,17H2,1H3,(H,28,32). The molecule has 1 aromatic heterocycles. The van der Waals surface area contributed by atoms with E-state index >= 15 is 0 Å². The molecule has 166 valence electrons. The highest BCUT2D eigenvalue weighted by Crippen LogP contribution is 2.37. The van der Waals surface area contributed by atoms with Crippen LogP contribution in [0.5, 0.6) is 11.5 Å². The highest BCUT2D eigenvalue weighted by molar-refractivity contribution is 6.01. The molecule has 33 heavy (non-hydrogen) atoms. The number of hydrogen-bond acceptors (Lipinski definition) is 4. The van der Waals surface area contributed by atoms with Crippen LogP contribution < -0.4 is 10.1 Å². The van der Waals surface area contributed by atoms with Crippen molar-refractivity contribution >= 4 is 11.9 Å². The molecule has 3 amide bonds. The second-order valence-electron chi connectivity index (χ2n) is 8.09. The number of para-hydroxylation sites is 1. The minimum Gasteiger partial charge on any atom is -0.457 e. The van der Waals surface area contributed by atoms with Crippen LogP contribution in [0.15, 0.2) is 90.3 Å². The van der Waals surface area contributed by atoms with Crippen LogP contribution in [0, 0.1) is 0 Å². The van der Waals surface area contributed by atoms with E-state index in [0.29, 0.717) is 30.8 Å². The van der Waals surface area contributed by atoms with Crippen LogP contribution in [0.1, 0.15) is 17.3 Å². The fourth-order valence-electron chi connectivity index (χ4n) is 4.23. The Labute approximate surface area is 192 Å². The van der Waals surface area contributed by atoms with Crippen molar-refractivity contribution in [1.29, 1.82) is 0 Å². The minimum absolute atomic E-state index is 0.0628. The lowest BCUT2D eigenvalue weighted by Gasteiger charge is -2.31. The van der Waals surface area contributed by atoms with Gasteiger partial charge in [0.2, 0.25) is 0 Å². The predicted molar refractivity (Wildman–Crippen MR) is 124 cm³/mol. The number of ether oxygens (including phenoxy) is 1. The molecule has 3 heterocycles. The van der Waals surface area contributed by atoms with Gasteiger partial charge in [-0.2, -0.15) is 0 Å². The molecule has 0 fully saturated rings. The zero-order chi connectivity index (χ0) is 22.8. The van der Waals surface area contributed by atoms with Crippen LogP contribution in [0.2, 0.25) is 0 Å². The SMILES string of the molecule is CN1C(=O)NC(c2cccc(Oc3ccccc3)c2)C2=C1CN(CCc1ccccn1)C2=O. The molecule has 1 N–H and O–H groups in total. The number of carbonyl (C=O) groups is 2. The highest BCUT2D eigenvalue weighted by Gasteiger charge is 2.42. The summed E-state index contributed by atoms with van der Waals surface area (Å²) in [5, 5.41) is 2.98. The Morgan fingerprint density at radius 3 is 2.58 bits per heavy atom. The summed E-state index contributed by atoms with van der Waals surface area (Å²) in [6.07, 6.45) is 2.41. The molecule has 0 saturated heterocycles. The summed E-state index contributed by atoms with van der Waals surface area (Å²) in [4.78, 5) is 33.8. The fraction of sp³-hybridized carbons (Fsp3) is 0.192. The number of rotatable bonds is 6. The van der Waals surface area contributed by atoms with Gasteiger partial charge in [0.15, 0.2) is 0 Å². The van der Waals surface area contributed by atoms with E-state index in [1.807, 2.05) is 72.8 Å². The Kier molecular flexibility index (Phi) is 5.52. The van der Waals surface area contributed by atoms with Gasteiger partial charge in [0.05, 0.1) is 23.9 Å². The zero-order valence-corrected chi connectivity index (χ0v) is 18.3.